The minimum Gasteiger partial charge on any atom is -0.465 e. The Morgan fingerprint density at radius 3 is 2.72 bits per heavy atom. The van der Waals surface area contributed by atoms with Crippen LogP contribution in [0.25, 0.3) is 0 Å². The fraction of sp³-hybridized carbons (Fsp3) is 0.571. The number of rotatable bonds is 4. The van der Waals surface area contributed by atoms with Crippen LogP contribution < -0.4 is 5.32 Å². The van der Waals surface area contributed by atoms with Crippen molar-refractivity contribution in [3.8, 4) is 0 Å². The van der Waals surface area contributed by atoms with E-state index >= 15 is 0 Å². The monoisotopic (exact) mass is 248 g/mol. The van der Waals surface area contributed by atoms with Crippen molar-refractivity contribution in [1.82, 2.24) is 4.98 Å². The summed E-state index contributed by atoms with van der Waals surface area (Å²) in [6.45, 7) is 4.01. The van der Waals surface area contributed by atoms with Crippen LogP contribution in [0.5, 0.6) is 0 Å². The maximum absolute atomic E-state index is 11.4. The number of esters is 1. The summed E-state index contributed by atoms with van der Waals surface area (Å²) >= 11 is 0. The predicted octanol–water partition coefficient (Wildman–Crippen LogP) is 2.78. The molecule has 1 aliphatic rings. The molecule has 0 aromatic carbocycles. The predicted molar refractivity (Wildman–Crippen MR) is 70.7 cm³/mol. The van der Waals surface area contributed by atoms with E-state index in [9.17, 15) is 4.79 Å². The molecular weight excluding hydrogens is 228 g/mol. The highest BCUT2D eigenvalue weighted by atomic mass is 16.5. The van der Waals surface area contributed by atoms with E-state index in [0.29, 0.717) is 17.3 Å². The highest BCUT2D eigenvalue weighted by Gasteiger charge is 2.24. The van der Waals surface area contributed by atoms with E-state index in [-0.39, 0.29) is 5.97 Å². The number of ether oxygens (including phenoxy) is 1. The Hall–Kier alpha value is -1.58. The number of nitrogens with zero attached hydrogens (tertiary/aromatic N) is 1. The molecule has 0 radical (unpaired) electrons. The molecule has 0 amide bonds. The van der Waals surface area contributed by atoms with E-state index in [1.807, 2.05) is 13.0 Å². The van der Waals surface area contributed by atoms with Crippen LogP contribution in [0.15, 0.2) is 12.1 Å². The topological polar surface area (TPSA) is 51.2 Å². The molecule has 1 saturated carbocycles. The van der Waals surface area contributed by atoms with Crippen molar-refractivity contribution in [1.29, 1.82) is 0 Å². The van der Waals surface area contributed by atoms with Gasteiger partial charge in [-0.25, -0.2) is 9.78 Å². The van der Waals surface area contributed by atoms with E-state index in [1.165, 1.54) is 26.4 Å². The largest absolute Gasteiger partial charge is 0.465 e. The zero-order chi connectivity index (χ0) is 13.1. The van der Waals surface area contributed by atoms with Gasteiger partial charge >= 0.3 is 5.97 Å². The first kappa shape index (κ1) is 12.9. The maximum atomic E-state index is 11.4. The summed E-state index contributed by atoms with van der Waals surface area (Å²) in [4.78, 5) is 15.9. The van der Waals surface area contributed by atoms with Gasteiger partial charge in [0.15, 0.2) is 0 Å². The SMILES string of the molecule is COC(=O)c1ccc(NC(C)C2CCC2)nc1C. The molecule has 0 bridgehead atoms. The molecule has 1 heterocycles. The van der Waals surface area contributed by atoms with Crippen molar-refractivity contribution in [3.63, 3.8) is 0 Å². The summed E-state index contributed by atoms with van der Waals surface area (Å²) in [5.41, 5.74) is 1.23. The average molecular weight is 248 g/mol. The number of nitrogens with one attached hydrogen (secondary N) is 1. The Kier molecular flexibility index (Phi) is 3.84. The van der Waals surface area contributed by atoms with E-state index in [2.05, 4.69) is 17.2 Å². The number of carbonyl (C=O) groups excluding carboxylic acids is 1. The molecular formula is C14H20N2O2. The van der Waals surface area contributed by atoms with Crippen molar-refractivity contribution in [3.05, 3.63) is 23.4 Å². The molecule has 1 atom stereocenters. The number of aryl methyl sites for hydroxylation is 1. The molecule has 1 N–H and O–H groups in total. The van der Waals surface area contributed by atoms with Crippen molar-refractivity contribution < 1.29 is 9.53 Å². The summed E-state index contributed by atoms with van der Waals surface area (Å²) in [6, 6.07) is 4.05. The van der Waals surface area contributed by atoms with Gasteiger partial charge in [-0.05, 0) is 44.7 Å². The van der Waals surface area contributed by atoms with E-state index < -0.39 is 0 Å². The standard InChI is InChI=1S/C14H20N2O2/c1-9(11-5-4-6-11)15-13-8-7-12(10(2)16-13)14(17)18-3/h7-9,11H,4-6H2,1-3H3,(H,15,16). The second-order valence-electron chi connectivity index (χ2n) is 4.95. The van der Waals surface area contributed by atoms with Gasteiger partial charge in [-0.3, -0.25) is 0 Å². The van der Waals surface area contributed by atoms with E-state index in [4.69, 9.17) is 4.74 Å². The molecule has 0 spiro atoms. The first-order chi connectivity index (χ1) is 8.61. The Labute approximate surface area is 108 Å². The van der Waals surface area contributed by atoms with Gasteiger partial charge < -0.3 is 10.1 Å². The quantitative estimate of drug-likeness (QED) is 0.832. The average Bonchev–Trinajstić information content (AvgIpc) is 2.25. The summed E-state index contributed by atoms with van der Waals surface area (Å²) < 4.78 is 4.70. The molecule has 1 aromatic heterocycles. The zero-order valence-corrected chi connectivity index (χ0v) is 11.2. The van der Waals surface area contributed by atoms with Crippen LogP contribution in [0.2, 0.25) is 0 Å². The van der Waals surface area contributed by atoms with E-state index in [0.717, 1.165) is 11.7 Å². The first-order valence-electron chi connectivity index (χ1n) is 6.44. The van der Waals surface area contributed by atoms with Crippen LogP contribution >= 0.6 is 0 Å². The molecule has 1 fully saturated rings. The Morgan fingerprint density at radius 1 is 1.50 bits per heavy atom. The van der Waals surface area contributed by atoms with Crippen LogP contribution in [0.1, 0.15) is 42.2 Å². The second kappa shape index (κ2) is 5.38. The van der Waals surface area contributed by atoms with Gasteiger partial charge in [0, 0.05) is 6.04 Å². The normalized spacial score (nSPS) is 16.8. The third-order valence-corrected chi connectivity index (χ3v) is 3.72. The molecule has 98 valence electrons. The number of methoxy groups -OCH3 is 1. The Bertz CT molecular complexity index is 441. The summed E-state index contributed by atoms with van der Waals surface area (Å²) in [7, 11) is 1.38. The number of hydrogen-bond donors (Lipinski definition) is 1. The fourth-order valence-electron chi connectivity index (χ4n) is 2.26. The first-order valence-corrected chi connectivity index (χ1v) is 6.44. The van der Waals surface area contributed by atoms with Gasteiger partial charge in [0.1, 0.15) is 5.82 Å². The third-order valence-electron chi connectivity index (χ3n) is 3.72. The lowest BCUT2D eigenvalue weighted by molar-refractivity contribution is 0.0599. The minimum atomic E-state index is -0.335. The maximum Gasteiger partial charge on any atom is 0.339 e. The lowest BCUT2D eigenvalue weighted by Gasteiger charge is -2.32. The fourth-order valence-corrected chi connectivity index (χ4v) is 2.26. The molecule has 18 heavy (non-hydrogen) atoms. The third kappa shape index (κ3) is 2.63. The molecule has 1 aliphatic carbocycles. The number of aromatic nitrogens is 1. The molecule has 0 saturated heterocycles. The Morgan fingerprint density at radius 2 is 2.22 bits per heavy atom. The summed E-state index contributed by atoms with van der Waals surface area (Å²) in [5, 5.41) is 3.41. The Balaban J connectivity index is 2.06. The summed E-state index contributed by atoms with van der Waals surface area (Å²) in [6.07, 6.45) is 3.94. The molecule has 1 unspecified atom stereocenters. The molecule has 0 aliphatic heterocycles. The van der Waals surface area contributed by atoms with Crippen molar-refractivity contribution in [2.75, 3.05) is 12.4 Å². The number of carbonyl (C=O) groups is 1. The van der Waals surface area contributed by atoms with Gasteiger partial charge in [0.2, 0.25) is 0 Å². The van der Waals surface area contributed by atoms with Gasteiger partial charge in [-0.15, -0.1) is 0 Å². The van der Waals surface area contributed by atoms with Crippen molar-refractivity contribution >= 4 is 11.8 Å². The summed E-state index contributed by atoms with van der Waals surface area (Å²) in [5.74, 6) is 1.26. The highest BCUT2D eigenvalue weighted by molar-refractivity contribution is 5.90. The molecule has 4 nitrogen and oxygen atoms in total. The van der Waals surface area contributed by atoms with Crippen LogP contribution in [0.4, 0.5) is 5.82 Å². The van der Waals surface area contributed by atoms with Crippen molar-refractivity contribution in [2.45, 2.75) is 39.2 Å². The van der Waals surface area contributed by atoms with Crippen LogP contribution in [-0.2, 0) is 4.74 Å². The molecule has 4 heteroatoms. The van der Waals surface area contributed by atoms with Crippen LogP contribution in [0, 0.1) is 12.8 Å². The van der Waals surface area contributed by atoms with Gasteiger partial charge in [-0.2, -0.15) is 0 Å². The lowest BCUT2D eigenvalue weighted by atomic mass is 9.80. The highest BCUT2D eigenvalue weighted by Crippen LogP contribution is 2.30. The zero-order valence-electron chi connectivity index (χ0n) is 11.2. The van der Waals surface area contributed by atoms with Gasteiger partial charge in [0.05, 0.1) is 18.4 Å². The van der Waals surface area contributed by atoms with Gasteiger partial charge in [-0.1, -0.05) is 6.42 Å². The smallest absolute Gasteiger partial charge is 0.339 e. The molecule has 1 aromatic rings. The number of pyridine rings is 1. The van der Waals surface area contributed by atoms with Crippen molar-refractivity contribution in [2.24, 2.45) is 5.92 Å². The van der Waals surface area contributed by atoms with E-state index in [1.54, 1.807) is 6.07 Å². The van der Waals surface area contributed by atoms with Crippen LogP contribution in [0.3, 0.4) is 0 Å². The number of anilines is 1. The minimum absolute atomic E-state index is 0.335. The molecule has 2 rings (SSSR count). The van der Waals surface area contributed by atoms with Gasteiger partial charge in [0.25, 0.3) is 0 Å². The lowest BCUT2D eigenvalue weighted by Crippen LogP contribution is -2.31. The van der Waals surface area contributed by atoms with Crippen LogP contribution in [-0.4, -0.2) is 24.1 Å². The second-order valence-corrected chi connectivity index (χ2v) is 4.95. The number of hydrogen-bond acceptors (Lipinski definition) is 4.